The molecule has 0 bridgehead atoms. The number of carbonyl (C=O) groups excluding carboxylic acids is 1. The van der Waals surface area contributed by atoms with E-state index in [1.54, 1.807) is 0 Å². The van der Waals surface area contributed by atoms with Crippen LogP contribution in [0.15, 0.2) is 12.1 Å². The molecule has 5 nitrogen and oxygen atoms in total. The number of amides is 1. The lowest BCUT2D eigenvalue weighted by atomic mass is 10.4. The summed E-state index contributed by atoms with van der Waals surface area (Å²) in [5, 5.41) is 7.16. The van der Waals surface area contributed by atoms with Crippen molar-refractivity contribution in [2.24, 2.45) is 5.84 Å². The van der Waals surface area contributed by atoms with Gasteiger partial charge in [-0.3, -0.25) is 10.2 Å². The first-order valence-corrected chi connectivity index (χ1v) is 3.12. The number of halogens is 1. The van der Waals surface area contributed by atoms with Gasteiger partial charge in [0, 0.05) is 0 Å². The van der Waals surface area contributed by atoms with Crippen molar-refractivity contribution in [2.45, 2.75) is 0 Å². The maximum atomic E-state index is 10.7. The van der Waals surface area contributed by atoms with Crippen LogP contribution in [-0.2, 0) is 0 Å². The Kier molecular flexibility index (Phi) is 2.35. The van der Waals surface area contributed by atoms with Gasteiger partial charge >= 0.3 is 0 Å². The van der Waals surface area contributed by atoms with Crippen LogP contribution in [0.25, 0.3) is 0 Å². The minimum absolute atomic E-state index is 0.136. The van der Waals surface area contributed by atoms with Crippen molar-refractivity contribution in [3.63, 3.8) is 0 Å². The Balaban J connectivity index is 2.90. The normalized spacial score (nSPS) is 9.27. The van der Waals surface area contributed by atoms with Crippen LogP contribution in [0.4, 0.5) is 0 Å². The van der Waals surface area contributed by atoms with Gasteiger partial charge < -0.3 is 0 Å². The van der Waals surface area contributed by atoms with E-state index < -0.39 is 5.91 Å². The van der Waals surface area contributed by atoms with Crippen LogP contribution in [0.1, 0.15) is 10.5 Å². The molecule has 0 radical (unpaired) electrons. The summed E-state index contributed by atoms with van der Waals surface area (Å²) in [6.45, 7) is 0. The first-order valence-electron chi connectivity index (χ1n) is 2.74. The van der Waals surface area contributed by atoms with Crippen molar-refractivity contribution >= 4 is 17.5 Å². The molecule has 3 N–H and O–H groups in total. The number of nitrogens with two attached hydrogens (primary N) is 1. The number of hydrogen-bond acceptors (Lipinski definition) is 4. The van der Waals surface area contributed by atoms with Crippen molar-refractivity contribution in [3.8, 4) is 0 Å². The number of nitrogen functional groups attached to an aromatic ring is 1. The molecule has 0 aromatic carbocycles. The average Bonchev–Trinajstić information content (AvgIpc) is 2.05. The molecule has 1 aromatic rings. The highest BCUT2D eigenvalue weighted by Crippen LogP contribution is 2.01. The minimum Gasteiger partial charge on any atom is -0.289 e. The lowest BCUT2D eigenvalue weighted by Crippen LogP contribution is -2.30. The SMILES string of the molecule is NNC(=O)c1ccc(Cl)nn1. The second kappa shape index (κ2) is 3.27. The number of hydrazine groups is 1. The summed E-state index contributed by atoms with van der Waals surface area (Å²) in [6.07, 6.45) is 0. The molecular formula is C5H5ClN4O. The molecule has 1 amide bonds. The highest BCUT2D eigenvalue weighted by molar-refractivity contribution is 6.29. The fraction of sp³-hybridized carbons (Fsp3) is 0. The van der Waals surface area contributed by atoms with Crippen LogP contribution in [0.2, 0.25) is 5.15 Å². The van der Waals surface area contributed by atoms with E-state index in [0.29, 0.717) is 0 Å². The summed E-state index contributed by atoms with van der Waals surface area (Å²) in [4.78, 5) is 10.7. The Morgan fingerprint density at radius 2 is 2.27 bits per heavy atom. The molecule has 1 aromatic heterocycles. The summed E-state index contributed by atoms with van der Waals surface area (Å²) in [5.41, 5.74) is 2.05. The maximum Gasteiger partial charge on any atom is 0.285 e. The smallest absolute Gasteiger partial charge is 0.285 e. The van der Waals surface area contributed by atoms with E-state index in [1.165, 1.54) is 12.1 Å². The minimum atomic E-state index is -0.492. The van der Waals surface area contributed by atoms with E-state index in [2.05, 4.69) is 10.2 Å². The maximum absolute atomic E-state index is 10.7. The fourth-order valence-electron chi connectivity index (χ4n) is 0.511. The molecule has 11 heavy (non-hydrogen) atoms. The average molecular weight is 173 g/mol. The molecule has 0 saturated heterocycles. The highest BCUT2D eigenvalue weighted by atomic mass is 35.5. The second-order valence-electron chi connectivity index (χ2n) is 1.71. The molecule has 0 aliphatic heterocycles. The molecule has 1 rings (SSSR count). The summed E-state index contributed by atoms with van der Waals surface area (Å²) in [7, 11) is 0. The van der Waals surface area contributed by atoms with E-state index in [4.69, 9.17) is 17.4 Å². The molecule has 6 heteroatoms. The van der Waals surface area contributed by atoms with Gasteiger partial charge in [-0.2, -0.15) is 0 Å². The molecule has 0 aliphatic rings. The molecule has 0 fully saturated rings. The molecule has 0 unspecified atom stereocenters. The van der Waals surface area contributed by atoms with Gasteiger partial charge in [-0.1, -0.05) is 11.6 Å². The van der Waals surface area contributed by atoms with Crippen molar-refractivity contribution in [1.82, 2.24) is 15.6 Å². The second-order valence-corrected chi connectivity index (χ2v) is 2.10. The van der Waals surface area contributed by atoms with Crippen LogP contribution in [0.5, 0.6) is 0 Å². The number of hydrogen-bond donors (Lipinski definition) is 2. The van der Waals surface area contributed by atoms with Crippen LogP contribution in [0.3, 0.4) is 0 Å². The van der Waals surface area contributed by atoms with Gasteiger partial charge in [-0.15, -0.1) is 10.2 Å². The third-order valence-corrected chi connectivity index (χ3v) is 1.20. The van der Waals surface area contributed by atoms with E-state index in [9.17, 15) is 4.79 Å². The van der Waals surface area contributed by atoms with E-state index in [0.717, 1.165) is 0 Å². The monoisotopic (exact) mass is 172 g/mol. The van der Waals surface area contributed by atoms with Gasteiger partial charge in [0.25, 0.3) is 5.91 Å². The van der Waals surface area contributed by atoms with E-state index in [-0.39, 0.29) is 10.8 Å². The molecule has 0 saturated carbocycles. The van der Waals surface area contributed by atoms with Crippen molar-refractivity contribution in [3.05, 3.63) is 23.0 Å². The first kappa shape index (κ1) is 7.90. The Hall–Kier alpha value is -1.20. The van der Waals surface area contributed by atoms with Crippen LogP contribution < -0.4 is 11.3 Å². The van der Waals surface area contributed by atoms with Gasteiger partial charge in [0.1, 0.15) is 0 Å². The Morgan fingerprint density at radius 1 is 1.55 bits per heavy atom. The van der Waals surface area contributed by atoms with Gasteiger partial charge in [-0.05, 0) is 12.1 Å². The summed E-state index contributed by atoms with van der Waals surface area (Å²) >= 11 is 5.42. The first-order chi connectivity index (χ1) is 5.24. The third kappa shape index (κ3) is 1.86. The highest BCUT2D eigenvalue weighted by Gasteiger charge is 2.03. The number of nitrogens with zero attached hydrogens (tertiary/aromatic N) is 2. The van der Waals surface area contributed by atoms with Crippen LogP contribution >= 0.6 is 11.6 Å². The zero-order valence-electron chi connectivity index (χ0n) is 5.41. The van der Waals surface area contributed by atoms with Gasteiger partial charge in [-0.25, -0.2) is 5.84 Å². The molecule has 0 aliphatic carbocycles. The number of carbonyl (C=O) groups is 1. The van der Waals surface area contributed by atoms with Crippen LogP contribution in [-0.4, -0.2) is 16.1 Å². The Bertz CT molecular complexity index is 260. The summed E-state index contributed by atoms with van der Waals surface area (Å²) in [6, 6.07) is 2.89. The predicted molar refractivity (Wildman–Crippen MR) is 38.7 cm³/mol. The van der Waals surface area contributed by atoms with Gasteiger partial charge in [0.2, 0.25) is 0 Å². The molecule has 0 atom stereocenters. The van der Waals surface area contributed by atoms with E-state index >= 15 is 0 Å². The lowest BCUT2D eigenvalue weighted by Gasteiger charge is -1.95. The van der Waals surface area contributed by atoms with Crippen molar-refractivity contribution < 1.29 is 4.79 Å². The number of aromatic nitrogens is 2. The lowest BCUT2D eigenvalue weighted by molar-refractivity contribution is 0.0947. The van der Waals surface area contributed by atoms with Gasteiger partial charge in [0.15, 0.2) is 10.8 Å². The molecule has 0 spiro atoms. The largest absolute Gasteiger partial charge is 0.289 e. The van der Waals surface area contributed by atoms with E-state index in [1.807, 2.05) is 5.43 Å². The molecular weight excluding hydrogens is 168 g/mol. The van der Waals surface area contributed by atoms with Crippen molar-refractivity contribution in [1.29, 1.82) is 0 Å². The standard InChI is InChI=1S/C5H5ClN4O/c6-4-2-1-3(9-10-4)5(11)8-7/h1-2H,7H2,(H,8,11). The summed E-state index contributed by atoms with van der Waals surface area (Å²) < 4.78 is 0. The molecule has 58 valence electrons. The van der Waals surface area contributed by atoms with Gasteiger partial charge in [0.05, 0.1) is 0 Å². The fourth-order valence-corrected chi connectivity index (χ4v) is 0.612. The third-order valence-electron chi connectivity index (χ3n) is 0.996. The summed E-state index contributed by atoms with van der Waals surface area (Å²) in [5.74, 6) is 4.35. The predicted octanol–water partition coefficient (Wildman–Crippen LogP) is -0.267. The number of nitrogens with one attached hydrogen (secondary N) is 1. The Labute approximate surface area is 67.5 Å². The zero-order chi connectivity index (χ0) is 8.27. The van der Waals surface area contributed by atoms with Crippen molar-refractivity contribution in [2.75, 3.05) is 0 Å². The zero-order valence-corrected chi connectivity index (χ0v) is 6.17. The van der Waals surface area contributed by atoms with Crippen LogP contribution in [0, 0.1) is 0 Å². The quantitative estimate of drug-likeness (QED) is 0.347. The molecule has 1 heterocycles. The number of rotatable bonds is 1. The topological polar surface area (TPSA) is 80.9 Å². The Morgan fingerprint density at radius 3 is 2.73 bits per heavy atom.